The van der Waals surface area contributed by atoms with Crippen LogP contribution in [0.1, 0.15) is 23.1 Å². The van der Waals surface area contributed by atoms with Gasteiger partial charge in [0.05, 0.1) is 11.7 Å². The lowest BCUT2D eigenvalue weighted by Gasteiger charge is -2.14. The van der Waals surface area contributed by atoms with E-state index in [1.54, 1.807) is 23.1 Å². The Kier molecular flexibility index (Phi) is 3.93. The molecule has 0 aliphatic heterocycles. The summed E-state index contributed by atoms with van der Waals surface area (Å²) in [5.74, 6) is 0.763. The minimum atomic E-state index is 0.0339. The van der Waals surface area contributed by atoms with Crippen LogP contribution in [0.25, 0.3) is 0 Å². The quantitative estimate of drug-likeness (QED) is 0.914. The Morgan fingerprint density at radius 2 is 2.06 bits per heavy atom. The molecule has 2 aromatic heterocycles. The highest BCUT2D eigenvalue weighted by Crippen LogP contribution is 2.24. The molecule has 0 saturated heterocycles. The van der Waals surface area contributed by atoms with Crippen molar-refractivity contribution in [3.8, 4) is 0 Å². The number of aryl methyl sites for hydroxylation is 2. The molecule has 2 aromatic rings. The van der Waals surface area contributed by atoms with Crippen molar-refractivity contribution in [3.63, 3.8) is 0 Å². The summed E-state index contributed by atoms with van der Waals surface area (Å²) >= 11 is 6.23. The molecule has 0 aromatic carbocycles. The molecule has 1 N–H and O–H groups in total. The van der Waals surface area contributed by atoms with Gasteiger partial charge in [0.15, 0.2) is 0 Å². The molecule has 18 heavy (non-hydrogen) atoms. The van der Waals surface area contributed by atoms with E-state index in [1.165, 1.54) is 0 Å². The molecule has 2 rings (SSSR count). The monoisotopic (exact) mass is 265 g/mol. The van der Waals surface area contributed by atoms with Gasteiger partial charge in [-0.25, -0.2) is 9.97 Å². The van der Waals surface area contributed by atoms with Gasteiger partial charge in [0.2, 0.25) is 0 Å². The molecule has 5 nitrogen and oxygen atoms in total. The number of aromatic nitrogens is 4. The van der Waals surface area contributed by atoms with Gasteiger partial charge < -0.3 is 5.32 Å². The molecule has 0 spiro atoms. The van der Waals surface area contributed by atoms with Crippen LogP contribution in [-0.4, -0.2) is 26.8 Å². The number of nitrogens with one attached hydrogen (secondary N) is 1. The summed E-state index contributed by atoms with van der Waals surface area (Å²) in [7, 11) is 3.73. The van der Waals surface area contributed by atoms with E-state index in [0.717, 1.165) is 23.5 Å². The Morgan fingerprint density at radius 3 is 2.56 bits per heavy atom. The molecule has 0 amide bonds. The van der Waals surface area contributed by atoms with Crippen molar-refractivity contribution in [2.75, 3.05) is 7.05 Å². The third-order valence-corrected chi connectivity index (χ3v) is 3.40. The van der Waals surface area contributed by atoms with Gasteiger partial charge >= 0.3 is 0 Å². The molecule has 0 aliphatic carbocycles. The van der Waals surface area contributed by atoms with Gasteiger partial charge in [-0.3, -0.25) is 4.68 Å². The lowest BCUT2D eigenvalue weighted by Crippen LogP contribution is -2.21. The van der Waals surface area contributed by atoms with Gasteiger partial charge in [-0.15, -0.1) is 0 Å². The van der Waals surface area contributed by atoms with Crippen LogP contribution in [0, 0.1) is 6.92 Å². The second-order valence-electron chi connectivity index (χ2n) is 4.13. The zero-order chi connectivity index (χ0) is 13.1. The van der Waals surface area contributed by atoms with Gasteiger partial charge in [0.25, 0.3) is 0 Å². The van der Waals surface area contributed by atoms with Gasteiger partial charge in [-0.1, -0.05) is 11.6 Å². The summed E-state index contributed by atoms with van der Waals surface area (Å²) in [6.07, 6.45) is 4.20. The number of likely N-dealkylation sites (N-methyl/N-ethyl adjacent to an activating group) is 1. The predicted octanol–water partition coefficient (Wildman–Crippen LogP) is 1.68. The molecule has 96 valence electrons. The molecular formula is C12H16ClN5. The van der Waals surface area contributed by atoms with Crippen LogP contribution in [0.4, 0.5) is 0 Å². The van der Waals surface area contributed by atoms with Crippen LogP contribution >= 0.6 is 11.6 Å². The molecule has 0 aliphatic rings. The number of hydrogen-bond donors (Lipinski definition) is 1. The van der Waals surface area contributed by atoms with E-state index in [4.69, 9.17) is 11.6 Å². The maximum Gasteiger partial charge on any atom is 0.145 e. The Balaban J connectivity index is 2.26. The number of nitrogens with zero attached hydrogens (tertiary/aromatic N) is 4. The highest BCUT2D eigenvalue weighted by molar-refractivity contribution is 6.30. The van der Waals surface area contributed by atoms with Crippen LogP contribution < -0.4 is 5.32 Å². The molecule has 0 fully saturated rings. The van der Waals surface area contributed by atoms with Crippen molar-refractivity contribution >= 4 is 11.6 Å². The Morgan fingerprint density at radius 1 is 1.39 bits per heavy atom. The van der Waals surface area contributed by atoms with E-state index >= 15 is 0 Å². The first-order chi connectivity index (χ1) is 8.63. The van der Waals surface area contributed by atoms with Gasteiger partial charge in [-0.2, -0.15) is 5.10 Å². The Bertz CT molecular complexity index is 523. The maximum atomic E-state index is 6.23. The fourth-order valence-corrected chi connectivity index (χ4v) is 2.17. The number of rotatable bonds is 4. The average molecular weight is 266 g/mol. The standard InChI is InChI=1S/C12H16ClN5/c1-8-9(11(13)18(3)17-8)7-10(14-2)12-15-5-4-6-16-12/h4-6,10,14H,7H2,1-3H3. The van der Waals surface area contributed by atoms with Crippen molar-refractivity contribution in [2.45, 2.75) is 19.4 Å². The summed E-state index contributed by atoms with van der Waals surface area (Å²) in [5, 5.41) is 8.19. The molecule has 1 unspecified atom stereocenters. The smallest absolute Gasteiger partial charge is 0.145 e. The van der Waals surface area contributed by atoms with E-state index in [9.17, 15) is 0 Å². The normalized spacial score (nSPS) is 12.7. The Labute approximate surface area is 111 Å². The van der Waals surface area contributed by atoms with E-state index in [0.29, 0.717) is 5.15 Å². The first kappa shape index (κ1) is 13.0. The zero-order valence-corrected chi connectivity index (χ0v) is 11.4. The number of hydrogen-bond acceptors (Lipinski definition) is 4. The molecule has 0 saturated carbocycles. The van der Waals surface area contributed by atoms with Crippen LogP contribution in [0.3, 0.4) is 0 Å². The van der Waals surface area contributed by atoms with Crippen LogP contribution in [-0.2, 0) is 13.5 Å². The predicted molar refractivity (Wildman–Crippen MR) is 70.5 cm³/mol. The van der Waals surface area contributed by atoms with Gasteiger partial charge in [0.1, 0.15) is 11.0 Å². The fraction of sp³-hybridized carbons (Fsp3) is 0.417. The first-order valence-corrected chi connectivity index (χ1v) is 6.13. The highest BCUT2D eigenvalue weighted by Gasteiger charge is 2.18. The molecule has 6 heteroatoms. The van der Waals surface area contributed by atoms with Crippen LogP contribution in [0.15, 0.2) is 18.5 Å². The summed E-state index contributed by atoms with van der Waals surface area (Å²) in [4.78, 5) is 8.54. The fourth-order valence-electron chi connectivity index (χ4n) is 1.92. The van der Waals surface area contributed by atoms with E-state index in [1.807, 2.05) is 21.0 Å². The van der Waals surface area contributed by atoms with E-state index < -0.39 is 0 Å². The second kappa shape index (κ2) is 5.46. The molecule has 1 atom stereocenters. The largest absolute Gasteiger partial charge is 0.310 e. The minimum Gasteiger partial charge on any atom is -0.310 e. The molecule has 2 heterocycles. The van der Waals surface area contributed by atoms with Crippen LogP contribution in [0.2, 0.25) is 5.15 Å². The number of halogens is 1. The average Bonchev–Trinajstić information content (AvgIpc) is 2.62. The lowest BCUT2D eigenvalue weighted by atomic mass is 10.1. The summed E-state index contributed by atoms with van der Waals surface area (Å²) in [6, 6.07) is 1.84. The maximum absolute atomic E-state index is 6.23. The topological polar surface area (TPSA) is 55.6 Å². The van der Waals surface area contributed by atoms with Gasteiger partial charge in [-0.05, 0) is 26.5 Å². The zero-order valence-electron chi connectivity index (χ0n) is 10.7. The van der Waals surface area contributed by atoms with Crippen molar-refractivity contribution < 1.29 is 0 Å². The van der Waals surface area contributed by atoms with E-state index in [-0.39, 0.29) is 6.04 Å². The molecular weight excluding hydrogens is 250 g/mol. The van der Waals surface area contributed by atoms with Crippen LogP contribution in [0.5, 0.6) is 0 Å². The van der Waals surface area contributed by atoms with Crippen molar-refractivity contribution in [2.24, 2.45) is 7.05 Å². The van der Waals surface area contributed by atoms with E-state index in [2.05, 4.69) is 20.4 Å². The van der Waals surface area contributed by atoms with Crippen molar-refractivity contribution in [3.05, 3.63) is 40.7 Å². The van der Waals surface area contributed by atoms with Crippen molar-refractivity contribution in [1.82, 2.24) is 25.1 Å². The SMILES string of the molecule is CNC(Cc1c(C)nn(C)c1Cl)c1ncccn1. The Hall–Kier alpha value is -1.46. The first-order valence-electron chi connectivity index (χ1n) is 5.75. The minimum absolute atomic E-state index is 0.0339. The summed E-state index contributed by atoms with van der Waals surface area (Å²) in [6.45, 7) is 1.96. The third kappa shape index (κ3) is 2.52. The summed E-state index contributed by atoms with van der Waals surface area (Å²) < 4.78 is 1.69. The lowest BCUT2D eigenvalue weighted by molar-refractivity contribution is 0.556. The van der Waals surface area contributed by atoms with Gasteiger partial charge in [0, 0.05) is 25.0 Å². The molecule has 0 bridgehead atoms. The summed E-state index contributed by atoms with van der Waals surface area (Å²) in [5.41, 5.74) is 1.98. The second-order valence-corrected chi connectivity index (χ2v) is 4.49. The highest BCUT2D eigenvalue weighted by atomic mass is 35.5. The molecule has 0 radical (unpaired) electrons. The third-order valence-electron chi connectivity index (χ3n) is 2.92. The van der Waals surface area contributed by atoms with Crippen molar-refractivity contribution in [1.29, 1.82) is 0 Å².